The second-order valence-electron chi connectivity index (χ2n) is 4.04. The summed E-state index contributed by atoms with van der Waals surface area (Å²) in [7, 11) is 1.90. The smallest absolute Gasteiger partial charge is 0.139 e. The third-order valence-corrected chi connectivity index (χ3v) is 3.37. The molecule has 0 unspecified atom stereocenters. The minimum atomic E-state index is 0.750. The van der Waals surface area contributed by atoms with Gasteiger partial charge in [0.05, 0.1) is 16.4 Å². The molecule has 3 aromatic rings. The molecular weight excluding hydrogens is 236 g/mol. The van der Waals surface area contributed by atoms with Crippen LogP contribution in [-0.4, -0.2) is 19.7 Å². The Morgan fingerprint density at radius 3 is 2.94 bits per heavy atom. The van der Waals surface area contributed by atoms with Gasteiger partial charge in [0.25, 0.3) is 0 Å². The van der Waals surface area contributed by atoms with Gasteiger partial charge in [-0.05, 0) is 24.6 Å². The number of hydrogen-bond acceptors (Lipinski definition) is 2. The number of aromatic amines is 1. The lowest BCUT2D eigenvalue weighted by Crippen LogP contribution is -1.92. The topological polar surface area (TPSA) is 46.5 Å². The molecule has 5 heteroatoms. The monoisotopic (exact) mass is 246 g/mol. The highest BCUT2D eigenvalue weighted by Gasteiger charge is 2.10. The molecule has 0 spiro atoms. The molecule has 17 heavy (non-hydrogen) atoms. The van der Waals surface area contributed by atoms with Crippen LogP contribution in [0.1, 0.15) is 5.56 Å². The molecule has 0 aliphatic rings. The molecule has 3 rings (SSSR count). The highest BCUT2D eigenvalue weighted by Crippen LogP contribution is 2.29. The van der Waals surface area contributed by atoms with Crippen molar-refractivity contribution in [2.75, 3.05) is 0 Å². The molecule has 0 saturated heterocycles. The minimum Gasteiger partial charge on any atom is -0.338 e. The van der Waals surface area contributed by atoms with Crippen LogP contribution in [0.2, 0.25) is 5.02 Å². The number of pyridine rings is 1. The van der Waals surface area contributed by atoms with E-state index in [1.807, 2.05) is 30.8 Å². The van der Waals surface area contributed by atoms with Crippen LogP contribution in [0.4, 0.5) is 0 Å². The largest absolute Gasteiger partial charge is 0.338 e. The first-order chi connectivity index (χ1) is 8.16. The SMILES string of the molecule is Cc1cnc2[nH]c(-c3ccnn3C)cc2c1Cl. The predicted molar refractivity (Wildman–Crippen MR) is 68.0 cm³/mol. The Hall–Kier alpha value is -1.81. The summed E-state index contributed by atoms with van der Waals surface area (Å²) >= 11 is 6.26. The molecule has 0 saturated carbocycles. The van der Waals surface area contributed by atoms with E-state index < -0.39 is 0 Å². The maximum Gasteiger partial charge on any atom is 0.139 e. The number of halogens is 1. The van der Waals surface area contributed by atoms with Gasteiger partial charge in [-0.25, -0.2) is 4.98 Å². The van der Waals surface area contributed by atoms with Crippen molar-refractivity contribution in [1.29, 1.82) is 0 Å². The van der Waals surface area contributed by atoms with Crippen LogP contribution < -0.4 is 0 Å². The lowest BCUT2D eigenvalue weighted by molar-refractivity contribution is 0.774. The van der Waals surface area contributed by atoms with E-state index in [2.05, 4.69) is 15.1 Å². The van der Waals surface area contributed by atoms with Crippen molar-refractivity contribution in [1.82, 2.24) is 19.7 Å². The Morgan fingerprint density at radius 2 is 2.24 bits per heavy atom. The first-order valence-electron chi connectivity index (χ1n) is 5.29. The quantitative estimate of drug-likeness (QED) is 0.718. The molecule has 3 heterocycles. The Labute approximate surface area is 103 Å². The van der Waals surface area contributed by atoms with Crippen LogP contribution in [-0.2, 0) is 7.05 Å². The van der Waals surface area contributed by atoms with Gasteiger partial charge in [0, 0.05) is 24.8 Å². The van der Waals surface area contributed by atoms with Gasteiger partial charge in [0.1, 0.15) is 5.65 Å². The highest BCUT2D eigenvalue weighted by atomic mass is 35.5. The first-order valence-corrected chi connectivity index (χ1v) is 5.67. The standard InChI is InChI=1S/C12H11ClN4/c1-7-6-14-12-8(11(7)13)5-9(16-12)10-3-4-15-17(10)2/h3-6H,1-2H3,(H,14,16). The van der Waals surface area contributed by atoms with Crippen LogP contribution in [0.5, 0.6) is 0 Å². The number of nitrogens with one attached hydrogen (secondary N) is 1. The molecule has 0 bridgehead atoms. The fraction of sp³-hybridized carbons (Fsp3) is 0.167. The van der Waals surface area contributed by atoms with Crippen LogP contribution in [0, 0.1) is 6.92 Å². The van der Waals surface area contributed by atoms with E-state index in [0.717, 1.165) is 33.0 Å². The normalized spacial score (nSPS) is 11.2. The molecular formula is C12H11ClN4. The van der Waals surface area contributed by atoms with Crippen LogP contribution >= 0.6 is 11.6 Å². The lowest BCUT2D eigenvalue weighted by Gasteiger charge is -1.96. The van der Waals surface area contributed by atoms with Crippen molar-refractivity contribution in [3.63, 3.8) is 0 Å². The molecule has 1 N–H and O–H groups in total. The van der Waals surface area contributed by atoms with E-state index >= 15 is 0 Å². The molecule has 0 amide bonds. The lowest BCUT2D eigenvalue weighted by atomic mass is 10.2. The molecule has 3 aromatic heterocycles. The van der Waals surface area contributed by atoms with Gasteiger partial charge in [-0.2, -0.15) is 5.10 Å². The highest BCUT2D eigenvalue weighted by molar-refractivity contribution is 6.36. The number of hydrogen-bond donors (Lipinski definition) is 1. The second kappa shape index (κ2) is 3.60. The predicted octanol–water partition coefficient (Wildman–Crippen LogP) is 2.93. The summed E-state index contributed by atoms with van der Waals surface area (Å²) in [6, 6.07) is 3.96. The zero-order valence-electron chi connectivity index (χ0n) is 9.53. The van der Waals surface area contributed by atoms with E-state index in [0.29, 0.717) is 0 Å². The summed E-state index contributed by atoms with van der Waals surface area (Å²) in [4.78, 5) is 7.58. The van der Waals surface area contributed by atoms with Crippen molar-refractivity contribution < 1.29 is 0 Å². The van der Waals surface area contributed by atoms with Gasteiger partial charge >= 0.3 is 0 Å². The number of H-pyrrole nitrogens is 1. The molecule has 0 aliphatic heterocycles. The van der Waals surface area contributed by atoms with E-state index in [1.54, 1.807) is 12.4 Å². The maximum absolute atomic E-state index is 6.26. The Morgan fingerprint density at radius 1 is 1.41 bits per heavy atom. The van der Waals surface area contributed by atoms with Crippen LogP contribution in [0.15, 0.2) is 24.5 Å². The first kappa shape index (κ1) is 10.4. The summed E-state index contributed by atoms with van der Waals surface area (Å²) in [6.45, 7) is 1.95. The second-order valence-corrected chi connectivity index (χ2v) is 4.42. The number of aromatic nitrogens is 4. The van der Waals surface area contributed by atoms with Gasteiger partial charge in [0.2, 0.25) is 0 Å². The van der Waals surface area contributed by atoms with Gasteiger partial charge in [0.15, 0.2) is 0 Å². The summed E-state index contributed by atoms with van der Waals surface area (Å²) in [5, 5.41) is 5.84. The zero-order chi connectivity index (χ0) is 12.0. The molecule has 0 aliphatic carbocycles. The van der Waals surface area contributed by atoms with Crippen molar-refractivity contribution in [2.45, 2.75) is 6.92 Å². The summed E-state index contributed by atoms with van der Waals surface area (Å²) in [5.41, 5.74) is 3.77. The number of rotatable bonds is 1. The average Bonchev–Trinajstić information content (AvgIpc) is 2.89. The molecule has 0 radical (unpaired) electrons. The van der Waals surface area contributed by atoms with Crippen LogP contribution in [0.3, 0.4) is 0 Å². The summed E-state index contributed by atoms with van der Waals surface area (Å²) in [5.74, 6) is 0. The molecule has 86 valence electrons. The fourth-order valence-corrected chi connectivity index (χ4v) is 2.11. The summed E-state index contributed by atoms with van der Waals surface area (Å²) < 4.78 is 1.81. The Kier molecular flexibility index (Phi) is 2.19. The molecule has 0 atom stereocenters. The van der Waals surface area contributed by atoms with E-state index in [-0.39, 0.29) is 0 Å². The van der Waals surface area contributed by atoms with E-state index in [9.17, 15) is 0 Å². The molecule has 0 fully saturated rings. The van der Waals surface area contributed by atoms with Gasteiger partial charge < -0.3 is 4.98 Å². The zero-order valence-corrected chi connectivity index (χ0v) is 10.3. The summed E-state index contributed by atoms with van der Waals surface area (Å²) in [6.07, 6.45) is 3.54. The molecule has 4 nitrogen and oxygen atoms in total. The maximum atomic E-state index is 6.26. The minimum absolute atomic E-state index is 0.750. The van der Waals surface area contributed by atoms with Crippen molar-refractivity contribution in [3.05, 3.63) is 35.1 Å². The third kappa shape index (κ3) is 1.52. The Bertz CT molecular complexity index is 696. The van der Waals surface area contributed by atoms with Crippen molar-refractivity contribution >= 4 is 22.6 Å². The van der Waals surface area contributed by atoms with E-state index in [4.69, 9.17) is 11.6 Å². The van der Waals surface area contributed by atoms with Gasteiger partial charge in [-0.3, -0.25) is 4.68 Å². The van der Waals surface area contributed by atoms with Crippen molar-refractivity contribution in [2.24, 2.45) is 7.05 Å². The number of nitrogens with zero attached hydrogens (tertiary/aromatic N) is 3. The average molecular weight is 247 g/mol. The molecule has 0 aromatic carbocycles. The van der Waals surface area contributed by atoms with Gasteiger partial charge in [-0.15, -0.1) is 0 Å². The van der Waals surface area contributed by atoms with E-state index in [1.165, 1.54) is 0 Å². The number of fused-ring (bicyclic) bond motifs is 1. The Balaban J connectivity index is 2.27. The van der Waals surface area contributed by atoms with Crippen molar-refractivity contribution in [3.8, 4) is 11.4 Å². The van der Waals surface area contributed by atoms with Crippen LogP contribution in [0.25, 0.3) is 22.4 Å². The number of aryl methyl sites for hydroxylation is 2. The fourth-order valence-electron chi connectivity index (χ4n) is 1.92. The third-order valence-electron chi connectivity index (χ3n) is 2.86. The van der Waals surface area contributed by atoms with Gasteiger partial charge in [-0.1, -0.05) is 11.6 Å².